The predicted molar refractivity (Wildman–Crippen MR) is 358 cm³/mol. The Morgan fingerprint density at radius 3 is 1.12 bits per heavy atom. The van der Waals surface area contributed by atoms with Gasteiger partial charge in [-0.2, -0.15) is 0 Å². The lowest BCUT2D eigenvalue weighted by molar-refractivity contribution is 0.373. The van der Waals surface area contributed by atoms with Gasteiger partial charge in [-0.1, -0.05) is 98.1 Å². The Bertz CT molecular complexity index is 2350. The number of nitrogens with zero attached hydrogens (tertiary/aromatic N) is 16. The van der Waals surface area contributed by atoms with Crippen molar-refractivity contribution in [2.45, 2.75) is 200 Å². The summed E-state index contributed by atoms with van der Waals surface area (Å²) in [6.45, 7) is 55.1. The Labute approximate surface area is 522 Å². The molecule has 466 valence electrons. The maximum atomic E-state index is 4.60. The van der Waals surface area contributed by atoms with Crippen LogP contribution in [0.5, 0.6) is 0 Å². The highest BCUT2D eigenvalue weighted by atomic mass is 32.1. The van der Waals surface area contributed by atoms with Crippen LogP contribution in [0.2, 0.25) is 0 Å². The Balaban J connectivity index is -0.000000193. The molecule has 0 aromatic carbocycles. The van der Waals surface area contributed by atoms with Crippen molar-refractivity contribution < 1.29 is 9.05 Å². The number of nitrogens with one attached hydrogen (secondary N) is 2. The quantitative estimate of drug-likeness (QED) is 0.143. The lowest BCUT2D eigenvalue weighted by Gasteiger charge is -1.74. The number of hydrogen-bond acceptors (Lipinski definition) is 24. The zero-order chi connectivity index (χ0) is 64.8. The monoisotopic (exact) mass is 1260 g/mol. The number of thiazole rings is 3. The Morgan fingerprint density at radius 2 is 1.01 bits per heavy atom. The highest BCUT2D eigenvalue weighted by Crippen LogP contribution is 2.06. The summed E-state index contributed by atoms with van der Waals surface area (Å²) in [5, 5.41) is 36.1. The van der Waals surface area contributed by atoms with Crippen molar-refractivity contribution in [2.24, 2.45) is 4.99 Å². The van der Waals surface area contributed by atoms with Crippen LogP contribution in [0.25, 0.3) is 0 Å². The van der Waals surface area contributed by atoms with Crippen LogP contribution in [0.3, 0.4) is 0 Å². The molecule has 1 aliphatic rings. The third-order valence-electron chi connectivity index (χ3n) is 7.89. The van der Waals surface area contributed by atoms with Gasteiger partial charge in [-0.3, -0.25) is 19.9 Å². The molecule has 11 rings (SSSR count). The molecule has 20 nitrogen and oxygen atoms in total. The zero-order valence-electron chi connectivity index (χ0n) is 55.1. The van der Waals surface area contributed by atoms with Gasteiger partial charge in [0.05, 0.1) is 33.7 Å². The van der Waals surface area contributed by atoms with Gasteiger partial charge < -0.3 is 19.0 Å². The second kappa shape index (κ2) is 64.8. The number of aromatic amines is 2. The fourth-order valence-electron chi connectivity index (χ4n) is 3.50. The summed E-state index contributed by atoms with van der Waals surface area (Å²) >= 11 is 9.47. The molecule has 0 spiro atoms. The molecule has 0 aliphatic carbocycles. The van der Waals surface area contributed by atoms with E-state index in [9.17, 15) is 0 Å². The average molecular weight is 1260 g/mol. The molecule has 1 aliphatic heterocycles. The Hall–Kier alpha value is -6.32. The van der Waals surface area contributed by atoms with Crippen molar-refractivity contribution in [3.8, 4) is 0 Å². The van der Waals surface area contributed by atoms with Crippen LogP contribution in [0.15, 0.2) is 84.9 Å². The molecule has 0 saturated carbocycles. The molecule has 10 aromatic rings. The molecular weight excluding hydrogens is 1160 g/mol. The van der Waals surface area contributed by atoms with Crippen LogP contribution in [0.1, 0.15) is 178 Å². The first kappa shape index (κ1) is 87.9. The van der Waals surface area contributed by atoms with E-state index in [4.69, 9.17) is 0 Å². The summed E-state index contributed by atoms with van der Waals surface area (Å²) in [4.78, 5) is 32.8. The highest BCUT2D eigenvalue weighted by Gasteiger charge is 1.95. The first-order chi connectivity index (χ1) is 39.9. The summed E-state index contributed by atoms with van der Waals surface area (Å²) < 4.78 is 16.6. The smallest absolute Gasteiger partial charge is 0.156 e. The molecule has 0 bridgehead atoms. The first-order valence-corrected chi connectivity index (χ1v) is 32.4. The van der Waals surface area contributed by atoms with Gasteiger partial charge in [0.25, 0.3) is 0 Å². The molecule has 0 fully saturated rings. The van der Waals surface area contributed by atoms with Gasteiger partial charge in [-0.25, -0.2) is 9.97 Å². The van der Waals surface area contributed by atoms with E-state index in [2.05, 4.69) is 105 Å². The van der Waals surface area contributed by atoms with E-state index in [0.717, 1.165) is 78.6 Å². The molecule has 0 amide bonds. The maximum Gasteiger partial charge on any atom is 0.156 e. The van der Waals surface area contributed by atoms with Crippen molar-refractivity contribution in [1.29, 1.82) is 0 Å². The summed E-state index contributed by atoms with van der Waals surface area (Å²) in [5.41, 5.74) is 10.8. The van der Waals surface area contributed by atoms with Gasteiger partial charge >= 0.3 is 0 Å². The predicted octanol–water partition coefficient (Wildman–Crippen LogP) is 18.2. The number of imidazole rings is 2. The number of H-pyrrole nitrogens is 2. The maximum absolute atomic E-state index is 4.60. The van der Waals surface area contributed by atoms with Gasteiger partial charge in [0.1, 0.15) is 27.2 Å². The van der Waals surface area contributed by atoms with E-state index in [0.29, 0.717) is 0 Å². The molecule has 0 radical (unpaired) electrons. The van der Waals surface area contributed by atoms with E-state index in [1.165, 1.54) is 37.7 Å². The van der Waals surface area contributed by atoms with Gasteiger partial charge in [0.15, 0.2) is 11.5 Å². The largest absolute Gasteiger partial charge is 0.349 e. The molecule has 26 heteroatoms. The number of aryl methyl sites for hydroxylation is 15. The fourth-order valence-corrected chi connectivity index (χ4v) is 6.41. The van der Waals surface area contributed by atoms with Crippen molar-refractivity contribution in [3.63, 3.8) is 0 Å². The summed E-state index contributed by atoms with van der Waals surface area (Å²) in [5.74, 6) is 2.55. The molecule has 10 aromatic heterocycles. The van der Waals surface area contributed by atoms with Crippen molar-refractivity contribution >= 4 is 74.6 Å². The number of aromatic nitrogens is 17. The Morgan fingerprint density at radius 1 is 0.494 bits per heavy atom. The highest BCUT2D eigenvalue weighted by molar-refractivity contribution is 7.11. The van der Waals surface area contributed by atoms with Crippen molar-refractivity contribution in [3.05, 3.63) is 152 Å². The van der Waals surface area contributed by atoms with Crippen molar-refractivity contribution in [1.82, 2.24) is 85.0 Å². The minimum absolute atomic E-state index is 0.792. The Kier molecular flexibility index (Phi) is 68.7. The van der Waals surface area contributed by atoms with Crippen LogP contribution >= 0.6 is 68.4 Å². The molecule has 0 saturated heterocycles. The second-order valence-corrected chi connectivity index (χ2v) is 20.3. The lowest BCUT2D eigenvalue weighted by atomic mass is 10.4. The van der Waals surface area contributed by atoms with E-state index < -0.39 is 0 Å². The summed E-state index contributed by atoms with van der Waals surface area (Å²) in [6, 6.07) is 0. The molecule has 83 heavy (non-hydrogen) atoms. The first-order valence-electron chi connectivity index (χ1n) is 27.3. The van der Waals surface area contributed by atoms with E-state index >= 15 is 0 Å². The van der Waals surface area contributed by atoms with Gasteiger partial charge in [-0.05, 0) is 134 Å². The fraction of sp³-hybridized carbons (Fsp3) is 0.509. The third-order valence-corrected chi connectivity index (χ3v) is 12.2. The van der Waals surface area contributed by atoms with E-state index in [-0.39, 0.29) is 0 Å². The minimum atomic E-state index is 0.792. The third kappa shape index (κ3) is 57.3. The number of rotatable bonds is 0. The number of hydrogen-bond donors (Lipinski definition) is 2. The van der Waals surface area contributed by atoms with Gasteiger partial charge in [-0.15, -0.1) is 75.9 Å². The van der Waals surface area contributed by atoms with Gasteiger partial charge in [0.2, 0.25) is 0 Å². The normalized spacial score (nSPS) is 8.94. The van der Waals surface area contributed by atoms with Gasteiger partial charge in [0, 0.05) is 96.6 Å². The molecule has 11 heterocycles. The van der Waals surface area contributed by atoms with Crippen LogP contribution in [0.4, 0.5) is 0 Å². The second-order valence-electron chi connectivity index (χ2n) is 14.1. The van der Waals surface area contributed by atoms with E-state index in [1.54, 1.807) is 76.5 Å². The lowest BCUT2D eigenvalue weighted by Crippen LogP contribution is -1.70. The van der Waals surface area contributed by atoms with Crippen molar-refractivity contribution in [2.75, 3.05) is 0 Å². The van der Waals surface area contributed by atoms with Crippen LogP contribution < -0.4 is 0 Å². The number of allylic oxidation sites excluding steroid dienone is 2. The molecular formula is C57H100N18O2S6. The van der Waals surface area contributed by atoms with E-state index in [1.807, 2.05) is 228 Å². The molecule has 0 unspecified atom stereocenters. The summed E-state index contributed by atoms with van der Waals surface area (Å²) in [6.07, 6.45) is 15.7. The van der Waals surface area contributed by atoms with Crippen LogP contribution in [-0.2, 0) is 0 Å². The standard InChI is InChI=1S/C5H7N.2C4H6N2O.3C4H6N2S.2C4H6N2.3C4H5NS.6C2H6/c1-5-3-2-4-6-5;2*1-3-4(2)7-6-5-3;1-3-5-6-4(2)7-3;2*1-3-4(2)7-6-5-3;1-4-2-5-3-6-4;1-4-5-2-3-6-4;1-4-2-6-3-5-4;1-4-2-5-3-6-4;1-4-5-2-3-6-4;6*1-2/h3-4H,2H2,1H3;5*1-2H3;2*2-3H,1H3,(H,5,6);3*2-3H,1H3;6*1-2H3. The SMILES string of the molecule is CC.CC.CC.CC.CC.CC.CC1=CCC=N1.Cc1cnc[nH]1.Cc1cncs1.Cc1cscn1.Cc1ncc[nH]1.Cc1nccs1.Cc1nnc(C)s1.Cc1nnoc1C.Cc1nnoc1C.Cc1nnsc1C.Cc1nnsc1C. The molecule has 2 N–H and O–H groups in total. The topological polar surface area (TPSA) is 264 Å². The summed E-state index contributed by atoms with van der Waals surface area (Å²) in [7, 11) is 0. The molecule has 0 atom stereocenters. The van der Waals surface area contributed by atoms with Crippen LogP contribution in [-0.4, -0.2) is 91.2 Å². The average Bonchev–Trinajstić information content (AvgIpc) is 4.31. The zero-order valence-corrected chi connectivity index (χ0v) is 60.0. The number of aliphatic imine (C=N–C) groups is 1. The van der Waals surface area contributed by atoms with Crippen LogP contribution in [0, 0.1) is 104 Å². The minimum Gasteiger partial charge on any atom is -0.349 e.